The molecule has 2 rings (SSSR count). The van der Waals surface area contributed by atoms with Crippen molar-refractivity contribution in [3.05, 3.63) is 0 Å². The van der Waals surface area contributed by atoms with Crippen molar-refractivity contribution in [3.63, 3.8) is 0 Å². The molecule has 2 fully saturated rings. The molecule has 0 aliphatic carbocycles. The van der Waals surface area contributed by atoms with Crippen LogP contribution < -0.4 is 0 Å². The Morgan fingerprint density at radius 2 is 1.40 bits per heavy atom. The number of hydrogen-bond donors (Lipinski definition) is 0. The summed E-state index contributed by atoms with van der Waals surface area (Å²) in [7, 11) is 4.49. The van der Waals surface area contributed by atoms with Crippen LogP contribution in [-0.2, 0) is 0 Å². The number of piperazine rings is 1. The molecule has 0 aromatic heterocycles. The lowest BCUT2D eigenvalue weighted by Crippen LogP contribution is -2.42. The van der Waals surface area contributed by atoms with E-state index in [-0.39, 0.29) is 0 Å². The zero-order valence-electron chi connectivity index (χ0n) is 7.04. The van der Waals surface area contributed by atoms with Gasteiger partial charge in [0.15, 0.2) is 0 Å². The number of hydrogen-bond acceptors (Lipinski definition) is 2. The molecule has 2 saturated heterocycles. The van der Waals surface area contributed by atoms with Gasteiger partial charge in [0, 0.05) is 25.2 Å². The average molecular weight is 140 g/mol. The fourth-order valence-electron chi connectivity index (χ4n) is 2.53. The van der Waals surface area contributed by atoms with E-state index in [4.69, 9.17) is 0 Å². The smallest absolute Gasteiger partial charge is 0.0261 e. The molecule has 0 radical (unpaired) electrons. The summed E-state index contributed by atoms with van der Waals surface area (Å²) in [5.74, 6) is 0.898. The molecule has 58 valence electrons. The third kappa shape index (κ3) is 0.663. The summed E-state index contributed by atoms with van der Waals surface area (Å²) in [6.07, 6.45) is 0. The third-order valence-corrected chi connectivity index (χ3v) is 3.30. The lowest BCUT2D eigenvalue weighted by Gasteiger charge is -2.28. The minimum Gasteiger partial charge on any atom is -0.300 e. The van der Waals surface area contributed by atoms with Gasteiger partial charge in [0.05, 0.1) is 0 Å². The maximum Gasteiger partial charge on any atom is 0.0261 e. The molecule has 0 spiro atoms. The Labute approximate surface area is 62.8 Å². The van der Waals surface area contributed by atoms with Crippen LogP contribution in [0.2, 0.25) is 0 Å². The molecule has 2 heterocycles. The second-order valence-electron chi connectivity index (χ2n) is 3.87. The Morgan fingerprint density at radius 3 is 1.60 bits per heavy atom. The van der Waals surface area contributed by atoms with Gasteiger partial charge in [-0.3, -0.25) is 0 Å². The van der Waals surface area contributed by atoms with Crippen LogP contribution in [0.1, 0.15) is 6.92 Å². The van der Waals surface area contributed by atoms with Gasteiger partial charge in [-0.25, -0.2) is 0 Å². The van der Waals surface area contributed by atoms with Crippen molar-refractivity contribution < 1.29 is 0 Å². The average Bonchev–Trinajstić information content (AvgIpc) is 2.26. The lowest BCUT2D eigenvalue weighted by atomic mass is 10.0. The molecule has 2 aliphatic heterocycles. The van der Waals surface area contributed by atoms with E-state index in [9.17, 15) is 0 Å². The lowest BCUT2D eigenvalue weighted by molar-refractivity contribution is 0.176. The normalized spacial score (nSPS) is 48.9. The van der Waals surface area contributed by atoms with Gasteiger partial charge in [0.2, 0.25) is 0 Å². The maximum absolute atomic E-state index is 2.50. The van der Waals surface area contributed by atoms with Crippen molar-refractivity contribution in [2.45, 2.75) is 19.0 Å². The fraction of sp³-hybridized carbons (Fsp3) is 1.00. The SMILES string of the molecule is CC1[C@@H]2CN(C)[C@H]1CN2C. The van der Waals surface area contributed by atoms with Crippen molar-refractivity contribution in [1.29, 1.82) is 0 Å². The van der Waals surface area contributed by atoms with Crippen LogP contribution >= 0.6 is 0 Å². The maximum atomic E-state index is 2.50. The van der Waals surface area contributed by atoms with E-state index in [1.165, 1.54) is 13.1 Å². The minimum atomic E-state index is 0.843. The molecule has 2 atom stereocenters. The van der Waals surface area contributed by atoms with Gasteiger partial charge in [-0.15, -0.1) is 0 Å². The first-order valence-corrected chi connectivity index (χ1v) is 4.10. The molecule has 0 unspecified atom stereocenters. The zero-order valence-corrected chi connectivity index (χ0v) is 7.04. The minimum absolute atomic E-state index is 0.843. The summed E-state index contributed by atoms with van der Waals surface area (Å²) < 4.78 is 0. The second-order valence-corrected chi connectivity index (χ2v) is 3.87. The first-order valence-electron chi connectivity index (χ1n) is 4.10. The third-order valence-electron chi connectivity index (χ3n) is 3.30. The molecule has 2 heteroatoms. The monoisotopic (exact) mass is 140 g/mol. The molecule has 2 nitrogen and oxygen atoms in total. The Hall–Kier alpha value is -0.0800. The summed E-state index contributed by atoms with van der Waals surface area (Å²) in [4.78, 5) is 4.99. The van der Waals surface area contributed by atoms with Crippen molar-refractivity contribution >= 4 is 0 Å². The predicted molar refractivity (Wildman–Crippen MR) is 42.0 cm³/mol. The van der Waals surface area contributed by atoms with Gasteiger partial charge in [0.25, 0.3) is 0 Å². The highest BCUT2D eigenvalue weighted by Crippen LogP contribution is 2.33. The quantitative estimate of drug-likeness (QED) is 0.476. The van der Waals surface area contributed by atoms with Crippen LogP contribution in [0.15, 0.2) is 0 Å². The second kappa shape index (κ2) is 1.95. The van der Waals surface area contributed by atoms with E-state index in [1.807, 2.05) is 0 Å². The first-order chi connectivity index (χ1) is 4.70. The van der Waals surface area contributed by atoms with Gasteiger partial charge < -0.3 is 9.80 Å². The van der Waals surface area contributed by atoms with Gasteiger partial charge in [-0.1, -0.05) is 6.92 Å². The number of rotatable bonds is 0. The van der Waals surface area contributed by atoms with Crippen LogP contribution in [0, 0.1) is 5.92 Å². The summed E-state index contributed by atoms with van der Waals surface area (Å²) in [6, 6.07) is 1.69. The van der Waals surface area contributed by atoms with Crippen molar-refractivity contribution in [3.8, 4) is 0 Å². The number of fused-ring (bicyclic) bond motifs is 2. The predicted octanol–water partition coefficient (Wildman–Crippen LogP) is 0.250. The number of likely N-dealkylation sites (N-methyl/N-ethyl adjacent to an activating group) is 2. The van der Waals surface area contributed by atoms with E-state index in [2.05, 4.69) is 30.8 Å². The molecule has 0 amide bonds. The van der Waals surface area contributed by atoms with Gasteiger partial charge in [-0.2, -0.15) is 0 Å². The number of nitrogens with zero attached hydrogens (tertiary/aromatic N) is 2. The summed E-state index contributed by atoms with van der Waals surface area (Å²) in [5, 5.41) is 0. The molecule has 0 aromatic rings. The zero-order chi connectivity index (χ0) is 7.30. The van der Waals surface area contributed by atoms with E-state index < -0.39 is 0 Å². The van der Waals surface area contributed by atoms with Crippen molar-refractivity contribution in [2.24, 2.45) is 5.92 Å². The van der Waals surface area contributed by atoms with Gasteiger partial charge in [-0.05, 0) is 20.0 Å². The molecule has 0 saturated carbocycles. The van der Waals surface area contributed by atoms with E-state index in [1.54, 1.807) is 0 Å². The Bertz CT molecular complexity index is 130. The summed E-state index contributed by atoms with van der Waals surface area (Å²) in [6.45, 7) is 4.94. The summed E-state index contributed by atoms with van der Waals surface area (Å²) in [5.41, 5.74) is 0. The summed E-state index contributed by atoms with van der Waals surface area (Å²) >= 11 is 0. The molecular weight excluding hydrogens is 124 g/mol. The van der Waals surface area contributed by atoms with Gasteiger partial charge in [0.1, 0.15) is 0 Å². The molecule has 0 aromatic carbocycles. The molecule has 2 aliphatic rings. The van der Waals surface area contributed by atoms with E-state index in [0.29, 0.717) is 0 Å². The van der Waals surface area contributed by atoms with Crippen molar-refractivity contribution in [2.75, 3.05) is 27.2 Å². The Balaban J connectivity index is 2.17. The van der Waals surface area contributed by atoms with Crippen LogP contribution in [0.4, 0.5) is 0 Å². The first kappa shape index (κ1) is 6.62. The van der Waals surface area contributed by atoms with Crippen LogP contribution in [-0.4, -0.2) is 49.1 Å². The number of likely N-dealkylation sites (tertiary alicyclic amines) is 2. The standard InChI is InChI=1S/C8H16N2/c1-6-7-5-10(3)8(6)4-9(7)2/h6-8H,4-5H2,1-3H3/t7-,8-/m0/s1. The fourth-order valence-corrected chi connectivity index (χ4v) is 2.53. The Morgan fingerprint density at radius 1 is 1.00 bits per heavy atom. The molecular formula is C8H16N2. The van der Waals surface area contributed by atoms with Crippen molar-refractivity contribution in [1.82, 2.24) is 9.80 Å². The van der Waals surface area contributed by atoms with Crippen LogP contribution in [0.5, 0.6) is 0 Å². The molecule has 2 bridgehead atoms. The van der Waals surface area contributed by atoms with E-state index >= 15 is 0 Å². The largest absolute Gasteiger partial charge is 0.300 e. The highest BCUT2D eigenvalue weighted by Gasteiger charge is 2.45. The van der Waals surface area contributed by atoms with Gasteiger partial charge >= 0.3 is 0 Å². The van der Waals surface area contributed by atoms with Crippen LogP contribution in [0.25, 0.3) is 0 Å². The topological polar surface area (TPSA) is 6.48 Å². The van der Waals surface area contributed by atoms with E-state index in [0.717, 1.165) is 18.0 Å². The highest BCUT2D eigenvalue weighted by molar-refractivity contribution is 5.01. The molecule has 0 N–H and O–H groups in total. The van der Waals surface area contributed by atoms with Crippen LogP contribution in [0.3, 0.4) is 0 Å². The molecule has 10 heavy (non-hydrogen) atoms. The Kier molecular flexibility index (Phi) is 1.29. The highest BCUT2D eigenvalue weighted by atomic mass is 15.3.